The number of carbonyl (C=O) groups is 1. The average Bonchev–Trinajstić information content (AvgIpc) is 3.55. The number of benzene rings is 2. The van der Waals surface area contributed by atoms with Crippen LogP contribution in [0.1, 0.15) is 29.8 Å². The van der Waals surface area contributed by atoms with E-state index in [0.29, 0.717) is 23.6 Å². The van der Waals surface area contributed by atoms with E-state index in [9.17, 15) is 23.3 Å². The van der Waals surface area contributed by atoms with Gasteiger partial charge in [0, 0.05) is 10.9 Å². The fourth-order valence-corrected chi connectivity index (χ4v) is 5.73. The van der Waals surface area contributed by atoms with Crippen LogP contribution in [0.15, 0.2) is 64.9 Å². The Bertz CT molecular complexity index is 1260. The number of amides is 1. The summed E-state index contributed by atoms with van der Waals surface area (Å²) < 4.78 is 29.2. The number of rotatable bonds is 11. The van der Waals surface area contributed by atoms with Gasteiger partial charge < -0.3 is 15.4 Å². The molecule has 0 saturated heterocycles. The molecule has 1 fully saturated rings. The highest BCUT2D eigenvalue weighted by Gasteiger charge is 2.35. The molecule has 2 aromatic carbocycles. The van der Waals surface area contributed by atoms with Gasteiger partial charge >= 0.3 is 7.12 Å². The topological polar surface area (TPSA) is 129 Å². The largest absolute Gasteiger partial charge is 0.475 e. The zero-order valence-electron chi connectivity index (χ0n) is 19.3. The summed E-state index contributed by atoms with van der Waals surface area (Å²) in [5.74, 6) is -1.14. The molecule has 184 valence electrons. The van der Waals surface area contributed by atoms with Gasteiger partial charge in [0.05, 0.1) is 21.5 Å². The first-order valence-electron chi connectivity index (χ1n) is 11.5. The lowest BCUT2D eigenvalue weighted by molar-refractivity contribution is -0.123. The van der Waals surface area contributed by atoms with Crippen LogP contribution in [0.3, 0.4) is 0 Å². The number of hydrogen-bond acceptors (Lipinski definition) is 7. The van der Waals surface area contributed by atoms with Crippen molar-refractivity contribution in [2.75, 3.05) is 0 Å². The molecule has 1 aromatic heterocycles. The summed E-state index contributed by atoms with van der Waals surface area (Å²) in [4.78, 5) is 17.6. The van der Waals surface area contributed by atoms with Crippen molar-refractivity contribution in [2.24, 2.45) is 5.92 Å². The van der Waals surface area contributed by atoms with E-state index in [1.165, 1.54) is 23.5 Å². The van der Waals surface area contributed by atoms with Gasteiger partial charge in [0.15, 0.2) is 0 Å². The van der Waals surface area contributed by atoms with Gasteiger partial charge in [0.1, 0.15) is 6.04 Å². The fourth-order valence-electron chi connectivity index (χ4n) is 3.86. The van der Waals surface area contributed by atoms with Crippen LogP contribution in [0.4, 0.5) is 0 Å². The molecule has 4 rings (SSSR count). The van der Waals surface area contributed by atoms with Crippen LogP contribution in [0.25, 0.3) is 11.3 Å². The molecule has 35 heavy (non-hydrogen) atoms. The van der Waals surface area contributed by atoms with Gasteiger partial charge in [-0.3, -0.25) is 4.79 Å². The molecule has 1 heterocycles. The Labute approximate surface area is 209 Å². The Balaban J connectivity index is 1.57. The monoisotopic (exact) mass is 513 g/mol. The Morgan fingerprint density at radius 2 is 1.91 bits per heavy atom. The normalized spacial score (nSPS) is 15.4. The van der Waals surface area contributed by atoms with E-state index >= 15 is 0 Å². The molecule has 1 saturated carbocycles. The molecular formula is C24H28BN3O5S2. The highest BCUT2D eigenvalue weighted by molar-refractivity contribution is 7.89. The van der Waals surface area contributed by atoms with Gasteiger partial charge in [-0.05, 0) is 43.4 Å². The van der Waals surface area contributed by atoms with E-state index in [-0.39, 0.29) is 11.3 Å². The zero-order chi connectivity index (χ0) is 25.0. The van der Waals surface area contributed by atoms with Crippen LogP contribution in [-0.2, 0) is 21.2 Å². The second kappa shape index (κ2) is 11.0. The van der Waals surface area contributed by atoms with Crippen LogP contribution < -0.4 is 10.0 Å². The molecule has 2 unspecified atom stereocenters. The maximum absolute atomic E-state index is 13.3. The maximum atomic E-state index is 13.3. The van der Waals surface area contributed by atoms with Crippen molar-refractivity contribution in [1.29, 1.82) is 0 Å². The van der Waals surface area contributed by atoms with Gasteiger partial charge in [0.25, 0.3) is 0 Å². The number of aromatic nitrogens is 1. The first-order chi connectivity index (χ1) is 16.7. The third-order valence-corrected chi connectivity index (χ3v) is 8.17. The summed E-state index contributed by atoms with van der Waals surface area (Å²) in [6.45, 7) is 1.88. The molecule has 4 N–H and O–H groups in total. The number of aryl methyl sites for hydroxylation is 1. The maximum Gasteiger partial charge on any atom is 0.475 e. The molecule has 0 radical (unpaired) electrons. The lowest BCUT2D eigenvalue weighted by Crippen LogP contribution is -2.54. The third kappa shape index (κ3) is 6.99. The van der Waals surface area contributed by atoms with Gasteiger partial charge in [-0.25, -0.2) is 13.4 Å². The van der Waals surface area contributed by atoms with E-state index in [2.05, 4.69) is 15.0 Å². The van der Waals surface area contributed by atoms with Crippen molar-refractivity contribution >= 4 is 34.4 Å². The Hall–Kier alpha value is -2.57. The quantitative estimate of drug-likeness (QED) is 0.292. The summed E-state index contributed by atoms with van der Waals surface area (Å²) in [5, 5.41) is 24.9. The molecule has 1 aliphatic carbocycles. The molecule has 0 bridgehead atoms. The van der Waals surface area contributed by atoms with Gasteiger partial charge in [-0.15, -0.1) is 11.3 Å². The molecule has 0 aliphatic heterocycles. The predicted octanol–water partition coefficient (Wildman–Crippen LogP) is 2.31. The fraction of sp³-hybridized carbons (Fsp3) is 0.333. The number of nitrogens with one attached hydrogen (secondary N) is 2. The van der Waals surface area contributed by atoms with Crippen molar-refractivity contribution in [3.05, 3.63) is 70.5 Å². The molecule has 1 aliphatic rings. The summed E-state index contributed by atoms with van der Waals surface area (Å²) in [5.41, 5.74) is 2.11. The van der Waals surface area contributed by atoms with E-state index in [0.717, 1.165) is 23.4 Å². The van der Waals surface area contributed by atoms with Crippen molar-refractivity contribution in [2.45, 2.75) is 49.5 Å². The van der Waals surface area contributed by atoms with Crippen molar-refractivity contribution in [3.8, 4) is 11.3 Å². The lowest BCUT2D eigenvalue weighted by atomic mass is 9.76. The van der Waals surface area contributed by atoms with Crippen LogP contribution in [-0.4, -0.2) is 48.5 Å². The SMILES string of the molecule is Cc1nc(-c2cccc(S(=O)(=O)NC(Cc3ccccc3)C(=O)NC(CC3CC3)B(O)O)c2)cs1. The van der Waals surface area contributed by atoms with Crippen LogP contribution in [0.5, 0.6) is 0 Å². The Morgan fingerprint density at radius 3 is 2.54 bits per heavy atom. The second-order valence-corrected chi connectivity index (χ2v) is 11.6. The molecule has 3 aromatic rings. The van der Waals surface area contributed by atoms with Crippen molar-refractivity contribution in [1.82, 2.24) is 15.0 Å². The van der Waals surface area contributed by atoms with Crippen molar-refractivity contribution in [3.63, 3.8) is 0 Å². The summed E-state index contributed by atoms with van der Waals surface area (Å²) >= 11 is 1.47. The summed E-state index contributed by atoms with van der Waals surface area (Å²) in [6, 6.07) is 14.3. The minimum Gasteiger partial charge on any atom is -0.426 e. The lowest BCUT2D eigenvalue weighted by Gasteiger charge is -2.23. The zero-order valence-corrected chi connectivity index (χ0v) is 20.9. The smallest absolute Gasteiger partial charge is 0.426 e. The highest BCUT2D eigenvalue weighted by Crippen LogP contribution is 2.33. The molecule has 0 spiro atoms. The van der Waals surface area contributed by atoms with Gasteiger partial charge in [-0.1, -0.05) is 55.3 Å². The standard InChI is InChI=1S/C24H28BN3O5S2/c1-16-26-22(15-34-16)19-8-5-9-20(14-19)35(32,33)28-21(12-17-6-3-2-4-7-17)24(29)27-23(25(30)31)13-18-10-11-18/h2-9,14-15,18,21,23,28,30-31H,10-13H2,1H3,(H,27,29). The second-order valence-electron chi connectivity index (χ2n) is 8.85. The van der Waals surface area contributed by atoms with Gasteiger partial charge in [-0.2, -0.15) is 4.72 Å². The van der Waals surface area contributed by atoms with E-state index < -0.39 is 35.0 Å². The van der Waals surface area contributed by atoms with Gasteiger partial charge in [0.2, 0.25) is 15.9 Å². The molecule has 1 amide bonds. The summed E-state index contributed by atoms with van der Waals surface area (Å²) in [6.07, 6.45) is 2.50. The van der Waals surface area contributed by atoms with E-state index in [1.54, 1.807) is 12.1 Å². The molecule has 11 heteroatoms. The Kier molecular flexibility index (Phi) is 8.03. The number of carbonyl (C=O) groups excluding carboxylic acids is 1. The van der Waals surface area contributed by atoms with Crippen LogP contribution in [0, 0.1) is 12.8 Å². The third-order valence-electron chi connectivity index (χ3n) is 5.93. The number of sulfonamides is 1. The number of thiazole rings is 1. The predicted molar refractivity (Wildman–Crippen MR) is 136 cm³/mol. The van der Waals surface area contributed by atoms with Crippen LogP contribution in [0.2, 0.25) is 0 Å². The molecular weight excluding hydrogens is 485 g/mol. The van der Waals surface area contributed by atoms with Crippen molar-refractivity contribution < 1.29 is 23.3 Å². The number of nitrogens with zero attached hydrogens (tertiary/aromatic N) is 1. The summed E-state index contributed by atoms with van der Waals surface area (Å²) in [7, 11) is -5.81. The minimum atomic E-state index is -4.08. The number of hydrogen-bond donors (Lipinski definition) is 4. The highest BCUT2D eigenvalue weighted by atomic mass is 32.2. The molecule has 8 nitrogen and oxygen atoms in total. The van der Waals surface area contributed by atoms with E-state index in [4.69, 9.17) is 0 Å². The average molecular weight is 513 g/mol. The Morgan fingerprint density at radius 1 is 1.17 bits per heavy atom. The van der Waals surface area contributed by atoms with Crippen LogP contribution >= 0.6 is 11.3 Å². The first kappa shape index (κ1) is 25.5. The first-order valence-corrected chi connectivity index (χ1v) is 13.8. The van der Waals surface area contributed by atoms with E-state index in [1.807, 2.05) is 42.6 Å². The minimum absolute atomic E-state index is 0.0169. The molecule has 2 atom stereocenters.